The maximum atomic E-state index is 10.5. The normalized spacial score (nSPS) is 14.5. The Morgan fingerprint density at radius 3 is 2.09 bits per heavy atom. The summed E-state index contributed by atoms with van der Waals surface area (Å²) in [6, 6.07) is 0. The summed E-state index contributed by atoms with van der Waals surface area (Å²) in [6.07, 6.45) is 0.264. The molecule has 0 aliphatic heterocycles. The van der Waals surface area contributed by atoms with E-state index in [1.54, 1.807) is 0 Å². The molecule has 66 valence electrons. The first kappa shape index (κ1) is 10.4. The van der Waals surface area contributed by atoms with Crippen LogP contribution in [-0.4, -0.2) is 17.6 Å². The van der Waals surface area contributed by atoms with E-state index < -0.39 is 0 Å². The third kappa shape index (κ3) is 3.98. The molecule has 0 unspecified atom stereocenters. The largest absolute Gasteiger partial charge is 0.396 e. The molecule has 0 aliphatic rings. The van der Waals surface area contributed by atoms with Crippen LogP contribution in [0.2, 0.25) is 0 Å². The topological polar surface area (TPSA) is 63.3 Å². The molecule has 0 heterocycles. The zero-order valence-electron chi connectivity index (χ0n) is 7.42. The smallest absolute Gasteiger partial charge is 0.217 e. The lowest BCUT2D eigenvalue weighted by Crippen LogP contribution is -2.29. The molecule has 0 aromatic rings. The van der Waals surface area contributed by atoms with Gasteiger partial charge in [-0.15, -0.1) is 0 Å². The molecule has 0 aromatic heterocycles. The predicted octanol–water partition coefficient (Wildman–Crippen LogP) is 0.516. The molecule has 0 rings (SSSR count). The van der Waals surface area contributed by atoms with Gasteiger partial charge < -0.3 is 10.8 Å². The molecule has 0 radical (unpaired) electrons. The minimum atomic E-state index is -0.348. The number of carbonyl (C=O) groups excluding carboxylic acids is 1. The van der Waals surface area contributed by atoms with Gasteiger partial charge in [0.25, 0.3) is 0 Å². The highest BCUT2D eigenvalue weighted by atomic mass is 16.3. The van der Waals surface area contributed by atoms with E-state index in [9.17, 15) is 4.79 Å². The van der Waals surface area contributed by atoms with Crippen molar-refractivity contribution < 1.29 is 9.90 Å². The quantitative estimate of drug-likeness (QED) is 0.630. The van der Waals surface area contributed by atoms with Crippen LogP contribution in [0.25, 0.3) is 0 Å². The molecule has 1 atom stereocenters. The fourth-order valence-corrected chi connectivity index (χ4v) is 0.887. The van der Waals surface area contributed by atoms with Gasteiger partial charge in [0.1, 0.15) is 0 Å². The summed E-state index contributed by atoms with van der Waals surface area (Å²) >= 11 is 0. The van der Waals surface area contributed by atoms with E-state index in [0.29, 0.717) is 0 Å². The second kappa shape index (κ2) is 3.72. The van der Waals surface area contributed by atoms with Gasteiger partial charge in [-0.3, -0.25) is 4.79 Å². The average Bonchev–Trinajstić information content (AvgIpc) is 1.79. The molecule has 0 fully saturated rings. The Kier molecular flexibility index (Phi) is 3.52. The summed E-state index contributed by atoms with van der Waals surface area (Å²) in [5.41, 5.74) is 4.96. The summed E-state index contributed by atoms with van der Waals surface area (Å²) in [4.78, 5) is 10.5. The zero-order chi connectivity index (χ0) is 9.07. The van der Waals surface area contributed by atoms with Crippen molar-refractivity contribution in [3.8, 4) is 0 Å². The number of hydrogen-bond acceptors (Lipinski definition) is 2. The Balaban J connectivity index is 4.07. The third-order valence-corrected chi connectivity index (χ3v) is 1.89. The van der Waals surface area contributed by atoms with Crippen molar-refractivity contribution in [1.82, 2.24) is 0 Å². The Bertz CT molecular complexity index is 138. The van der Waals surface area contributed by atoms with Crippen LogP contribution in [0.4, 0.5) is 0 Å². The molecule has 3 N–H and O–H groups in total. The lowest BCUT2D eigenvalue weighted by Gasteiger charge is -2.27. The lowest BCUT2D eigenvalue weighted by atomic mass is 9.79. The van der Waals surface area contributed by atoms with Gasteiger partial charge in [-0.25, -0.2) is 0 Å². The SMILES string of the molecule is CC(C)(C)[C@@H](CO)CC(N)=O. The van der Waals surface area contributed by atoms with Crippen LogP contribution in [0.3, 0.4) is 0 Å². The van der Waals surface area contributed by atoms with Crippen molar-refractivity contribution >= 4 is 5.91 Å². The van der Waals surface area contributed by atoms with Crippen LogP contribution in [0.5, 0.6) is 0 Å². The number of hydrogen-bond donors (Lipinski definition) is 2. The molecule has 0 aromatic carbocycles. The first-order chi connectivity index (χ1) is 4.88. The van der Waals surface area contributed by atoms with Crippen LogP contribution in [-0.2, 0) is 4.79 Å². The molecular formula is C8H17NO2. The molecule has 3 nitrogen and oxygen atoms in total. The summed E-state index contributed by atoms with van der Waals surface area (Å²) in [5.74, 6) is -0.376. The Morgan fingerprint density at radius 2 is 2.00 bits per heavy atom. The molecule has 0 saturated heterocycles. The first-order valence-corrected chi connectivity index (χ1v) is 3.77. The fourth-order valence-electron chi connectivity index (χ4n) is 0.887. The van der Waals surface area contributed by atoms with Gasteiger partial charge in [-0.05, 0) is 11.3 Å². The second-order valence-corrected chi connectivity index (χ2v) is 3.92. The molecule has 0 saturated carbocycles. The number of carbonyl (C=O) groups is 1. The van der Waals surface area contributed by atoms with E-state index in [-0.39, 0.29) is 30.3 Å². The standard InChI is InChI=1S/C8H17NO2/c1-8(2,3)6(5-10)4-7(9)11/h6,10H,4-5H2,1-3H3,(H2,9,11)/t6-/m1/s1. The minimum absolute atomic E-state index is 0.0203. The monoisotopic (exact) mass is 159 g/mol. The van der Waals surface area contributed by atoms with Crippen LogP contribution in [0.1, 0.15) is 27.2 Å². The third-order valence-electron chi connectivity index (χ3n) is 1.89. The van der Waals surface area contributed by atoms with E-state index in [1.807, 2.05) is 20.8 Å². The Morgan fingerprint density at radius 1 is 1.55 bits per heavy atom. The van der Waals surface area contributed by atoms with Gasteiger partial charge in [0, 0.05) is 13.0 Å². The molecular weight excluding hydrogens is 142 g/mol. The van der Waals surface area contributed by atoms with E-state index in [4.69, 9.17) is 10.8 Å². The molecule has 3 heteroatoms. The highest BCUT2D eigenvalue weighted by Gasteiger charge is 2.25. The maximum Gasteiger partial charge on any atom is 0.217 e. The highest BCUT2D eigenvalue weighted by Crippen LogP contribution is 2.27. The number of aliphatic hydroxyl groups is 1. The predicted molar refractivity (Wildman–Crippen MR) is 43.8 cm³/mol. The van der Waals surface area contributed by atoms with Gasteiger partial charge in [-0.1, -0.05) is 20.8 Å². The molecule has 0 bridgehead atoms. The molecule has 0 spiro atoms. The van der Waals surface area contributed by atoms with Gasteiger partial charge in [0.2, 0.25) is 5.91 Å². The van der Waals surface area contributed by atoms with Crippen LogP contribution >= 0.6 is 0 Å². The van der Waals surface area contributed by atoms with Crippen molar-refractivity contribution in [2.24, 2.45) is 17.1 Å². The van der Waals surface area contributed by atoms with Gasteiger partial charge in [-0.2, -0.15) is 0 Å². The van der Waals surface area contributed by atoms with Gasteiger partial charge in [0.15, 0.2) is 0 Å². The maximum absolute atomic E-state index is 10.5. The number of amides is 1. The zero-order valence-corrected chi connectivity index (χ0v) is 7.42. The highest BCUT2D eigenvalue weighted by molar-refractivity contribution is 5.74. The van der Waals surface area contributed by atoms with Crippen molar-refractivity contribution in [2.45, 2.75) is 27.2 Å². The van der Waals surface area contributed by atoms with Crippen LogP contribution in [0.15, 0.2) is 0 Å². The number of nitrogens with two attached hydrogens (primary N) is 1. The summed E-state index contributed by atoms with van der Waals surface area (Å²) in [7, 11) is 0. The summed E-state index contributed by atoms with van der Waals surface area (Å²) in [5, 5.41) is 8.90. The van der Waals surface area contributed by atoms with E-state index in [1.165, 1.54) is 0 Å². The minimum Gasteiger partial charge on any atom is -0.396 e. The fraction of sp³-hybridized carbons (Fsp3) is 0.875. The van der Waals surface area contributed by atoms with E-state index in [2.05, 4.69) is 0 Å². The van der Waals surface area contributed by atoms with Crippen LogP contribution < -0.4 is 5.73 Å². The molecule has 11 heavy (non-hydrogen) atoms. The average molecular weight is 159 g/mol. The Hall–Kier alpha value is -0.570. The van der Waals surface area contributed by atoms with Crippen molar-refractivity contribution in [3.05, 3.63) is 0 Å². The number of primary amides is 1. The van der Waals surface area contributed by atoms with E-state index >= 15 is 0 Å². The van der Waals surface area contributed by atoms with Crippen molar-refractivity contribution in [1.29, 1.82) is 0 Å². The Labute approximate surface area is 67.6 Å². The summed E-state index contributed by atoms with van der Waals surface area (Å²) in [6.45, 7) is 5.97. The summed E-state index contributed by atoms with van der Waals surface area (Å²) < 4.78 is 0. The molecule has 1 amide bonds. The number of aliphatic hydroxyl groups excluding tert-OH is 1. The first-order valence-electron chi connectivity index (χ1n) is 3.77. The van der Waals surface area contributed by atoms with Crippen molar-refractivity contribution in [3.63, 3.8) is 0 Å². The van der Waals surface area contributed by atoms with E-state index in [0.717, 1.165) is 0 Å². The van der Waals surface area contributed by atoms with Gasteiger partial charge >= 0.3 is 0 Å². The second-order valence-electron chi connectivity index (χ2n) is 3.92. The lowest BCUT2D eigenvalue weighted by molar-refractivity contribution is -0.120. The van der Waals surface area contributed by atoms with Crippen LogP contribution in [0, 0.1) is 11.3 Å². The number of rotatable bonds is 3. The van der Waals surface area contributed by atoms with Crippen molar-refractivity contribution in [2.75, 3.05) is 6.61 Å². The van der Waals surface area contributed by atoms with Gasteiger partial charge in [0.05, 0.1) is 0 Å². The molecule has 0 aliphatic carbocycles.